The molecule has 0 spiro atoms. The maximum absolute atomic E-state index is 12.9. The van der Waals surface area contributed by atoms with Crippen LogP contribution in [0.25, 0.3) is 0 Å². The van der Waals surface area contributed by atoms with E-state index in [2.05, 4.69) is 0 Å². The fourth-order valence-electron chi connectivity index (χ4n) is 0.967. The van der Waals surface area contributed by atoms with E-state index >= 15 is 0 Å². The molecule has 64 valence electrons. The van der Waals surface area contributed by atoms with Gasteiger partial charge in [0.05, 0.1) is 18.1 Å². The van der Waals surface area contributed by atoms with Gasteiger partial charge in [0.25, 0.3) is 0 Å². The first-order chi connectivity index (χ1) is 6.20. The third-order valence-electron chi connectivity index (χ3n) is 1.57. The van der Waals surface area contributed by atoms with Gasteiger partial charge in [-0.05, 0) is 12.1 Å². The Morgan fingerprint density at radius 1 is 1.15 bits per heavy atom. The van der Waals surface area contributed by atoms with E-state index in [-0.39, 0.29) is 17.5 Å². The highest BCUT2D eigenvalue weighted by atomic mass is 19.1. The van der Waals surface area contributed by atoms with Crippen molar-refractivity contribution in [1.82, 2.24) is 0 Å². The molecule has 0 heterocycles. The Hall–Kier alpha value is -1.94. The Morgan fingerprint density at radius 3 is 2.31 bits per heavy atom. The van der Waals surface area contributed by atoms with Gasteiger partial charge in [0, 0.05) is 5.56 Å². The van der Waals surface area contributed by atoms with E-state index in [1.807, 2.05) is 0 Å². The van der Waals surface area contributed by atoms with Crippen LogP contribution in [-0.4, -0.2) is 0 Å². The number of halogens is 2. The van der Waals surface area contributed by atoms with Crippen molar-refractivity contribution < 1.29 is 8.78 Å². The molecule has 0 saturated heterocycles. The summed E-state index contributed by atoms with van der Waals surface area (Å²) in [5, 5.41) is 16.8. The lowest BCUT2D eigenvalue weighted by molar-refractivity contribution is 0.586. The summed E-state index contributed by atoms with van der Waals surface area (Å²) in [6.07, 6.45) is -0.299. The summed E-state index contributed by atoms with van der Waals surface area (Å²) in [5.41, 5.74) is -0.563. The number of hydrogen-bond donors (Lipinski definition) is 0. The molecule has 0 fully saturated rings. The highest BCUT2D eigenvalue weighted by Crippen LogP contribution is 2.16. The maximum Gasteiger partial charge on any atom is 0.141 e. The fraction of sp³-hybridized carbons (Fsp3) is 0.111. The quantitative estimate of drug-likeness (QED) is 0.659. The summed E-state index contributed by atoms with van der Waals surface area (Å²) in [6.45, 7) is 0. The third kappa shape index (κ3) is 1.62. The molecular weight excluding hydrogens is 174 g/mol. The molecule has 0 unspecified atom stereocenters. The summed E-state index contributed by atoms with van der Waals surface area (Å²) in [4.78, 5) is 0. The molecule has 1 rings (SSSR count). The SMILES string of the molecule is N#CCc1c(F)ccc(F)c1C#N. The largest absolute Gasteiger partial charge is 0.207 e. The van der Waals surface area contributed by atoms with Gasteiger partial charge in [-0.25, -0.2) is 8.78 Å². The van der Waals surface area contributed by atoms with Crippen molar-refractivity contribution in [3.63, 3.8) is 0 Å². The maximum atomic E-state index is 12.9. The lowest BCUT2D eigenvalue weighted by Gasteiger charge is -2.00. The van der Waals surface area contributed by atoms with Crippen LogP contribution in [-0.2, 0) is 6.42 Å². The van der Waals surface area contributed by atoms with Crippen LogP contribution in [0.15, 0.2) is 12.1 Å². The van der Waals surface area contributed by atoms with E-state index in [4.69, 9.17) is 10.5 Å². The van der Waals surface area contributed by atoms with Gasteiger partial charge in [-0.15, -0.1) is 0 Å². The summed E-state index contributed by atoms with van der Waals surface area (Å²) >= 11 is 0. The van der Waals surface area contributed by atoms with E-state index in [1.165, 1.54) is 6.07 Å². The minimum absolute atomic E-state index is 0.176. The van der Waals surface area contributed by atoms with E-state index in [0.717, 1.165) is 12.1 Å². The molecule has 0 bridgehead atoms. The average molecular weight is 178 g/mol. The van der Waals surface area contributed by atoms with E-state index in [9.17, 15) is 8.78 Å². The molecular formula is C9H4F2N2. The Kier molecular flexibility index (Phi) is 2.56. The first kappa shape index (κ1) is 9.15. The molecule has 1 aromatic rings. The van der Waals surface area contributed by atoms with Crippen LogP contribution >= 0.6 is 0 Å². The standard InChI is InChI=1S/C9H4F2N2/c10-8-1-2-9(11)7(5-13)6(8)3-4-12/h1-2H,3H2. The van der Waals surface area contributed by atoms with Gasteiger partial charge in [0.1, 0.15) is 17.7 Å². The van der Waals surface area contributed by atoms with Crippen LogP contribution in [0.3, 0.4) is 0 Å². The van der Waals surface area contributed by atoms with Crippen LogP contribution in [0.4, 0.5) is 8.78 Å². The lowest BCUT2D eigenvalue weighted by Crippen LogP contribution is -1.97. The van der Waals surface area contributed by atoms with E-state index in [1.54, 1.807) is 6.07 Å². The first-order valence-corrected chi connectivity index (χ1v) is 3.44. The predicted molar refractivity (Wildman–Crippen MR) is 40.4 cm³/mol. The van der Waals surface area contributed by atoms with Crippen molar-refractivity contribution in [2.24, 2.45) is 0 Å². The van der Waals surface area contributed by atoms with Crippen LogP contribution in [0.1, 0.15) is 11.1 Å². The molecule has 0 aliphatic rings. The van der Waals surface area contributed by atoms with Crippen molar-refractivity contribution in [3.05, 3.63) is 34.9 Å². The molecule has 0 aromatic heterocycles. The molecule has 2 nitrogen and oxygen atoms in total. The molecule has 13 heavy (non-hydrogen) atoms. The summed E-state index contributed by atoms with van der Waals surface area (Å²) in [6, 6.07) is 4.97. The van der Waals surface area contributed by atoms with Gasteiger partial charge in [-0.1, -0.05) is 0 Å². The van der Waals surface area contributed by atoms with E-state index in [0.29, 0.717) is 0 Å². The van der Waals surface area contributed by atoms with Gasteiger partial charge in [0.15, 0.2) is 0 Å². The Balaban J connectivity index is 3.39. The molecule has 0 aliphatic heterocycles. The minimum atomic E-state index is -0.797. The number of benzene rings is 1. The second-order valence-electron chi connectivity index (χ2n) is 2.33. The van der Waals surface area contributed by atoms with Crippen molar-refractivity contribution in [1.29, 1.82) is 10.5 Å². The molecule has 0 radical (unpaired) electrons. The zero-order chi connectivity index (χ0) is 9.84. The molecule has 4 heteroatoms. The Labute approximate surface area is 73.6 Å². The monoisotopic (exact) mass is 178 g/mol. The first-order valence-electron chi connectivity index (χ1n) is 3.44. The van der Waals surface area contributed by atoms with Crippen LogP contribution in [0, 0.1) is 34.3 Å². The zero-order valence-electron chi connectivity index (χ0n) is 6.51. The topological polar surface area (TPSA) is 47.6 Å². The van der Waals surface area contributed by atoms with Gasteiger partial charge < -0.3 is 0 Å². The van der Waals surface area contributed by atoms with Gasteiger partial charge >= 0.3 is 0 Å². The summed E-state index contributed by atoms with van der Waals surface area (Å²) in [7, 11) is 0. The highest BCUT2D eigenvalue weighted by Gasteiger charge is 2.12. The highest BCUT2D eigenvalue weighted by molar-refractivity contribution is 5.41. The number of nitrogens with zero attached hydrogens (tertiary/aromatic N) is 2. The molecule has 0 saturated carbocycles. The smallest absolute Gasteiger partial charge is 0.141 e. The normalized spacial score (nSPS) is 8.92. The van der Waals surface area contributed by atoms with E-state index < -0.39 is 11.6 Å². The Bertz CT molecular complexity index is 413. The summed E-state index contributed by atoms with van der Waals surface area (Å²) < 4.78 is 25.8. The minimum Gasteiger partial charge on any atom is -0.207 e. The van der Waals surface area contributed by atoms with Crippen LogP contribution in [0.5, 0.6) is 0 Å². The van der Waals surface area contributed by atoms with Gasteiger partial charge in [0.2, 0.25) is 0 Å². The van der Waals surface area contributed by atoms with Gasteiger partial charge in [-0.2, -0.15) is 10.5 Å². The van der Waals surface area contributed by atoms with Crippen molar-refractivity contribution in [2.45, 2.75) is 6.42 Å². The Morgan fingerprint density at radius 2 is 1.77 bits per heavy atom. The third-order valence-corrected chi connectivity index (χ3v) is 1.57. The van der Waals surface area contributed by atoms with Crippen molar-refractivity contribution >= 4 is 0 Å². The second kappa shape index (κ2) is 3.64. The summed E-state index contributed by atoms with van der Waals surface area (Å²) in [5.74, 6) is -1.52. The number of rotatable bonds is 1. The molecule has 0 N–H and O–H groups in total. The second-order valence-corrected chi connectivity index (χ2v) is 2.33. The van der Waals surface area contributed by atoms with Crippen LogP contribution in [0.2, 0.25) is 0 Å². The van der Waals surface area contributed by atoms with Crippen molar-refractivity contribution in [2.75, 3.05) is 0 Å². The zero-order valence-corrected chi connectivity index (χ0v) is 6.51. The fourth-order valence-corrected chi connectivity index (χ4v) is 0.967. The lowest BCUT2D eigenvalue weighted by atomic mass is 10.1. The van der Waals surface area contributed by atoms with Crippen LogP contribution < -0.4 is 0 Å². The van der Waals surface area contributed by atoms with Gasteiger partial charge in [-0.3, -0.25) is 0 Å². The molecule has 0 aliphatic carbocycles. The molecule has 0 atom stereocenters. The molecule has 1 aromatic carbocycles. The predicted octanol–water partition coefficient (Wildman–Crippen LogP) is 1.90. The number of nitriles is 2. The molecule has 0 amide bonds. The number of hydrogen-bond acceptors (Lipinski definition) is 2. The van der Waals surface area contributed by atoms with Crippen molar-refractivity contribution in [3.8, 4) is 12.1 Å². The average Bonchev–Trinajstić information content (AvgIpc) is 2.12.